The highest BCUT2D eigenvalue weighted by Gasteiger charge is 2.19. The van der Waals surface area contributed by atoms with Crippen molar-refractivity contribution in [1.82, 2.24) is 10.2 Å². The van der Waals surface area contributed by atoms with E-state index in [2.05, 4.69) is 30.8 Å². The molecule has 96 valence electrons. The van der Waals surface area contributed by atoms with Crippen LogP contribution in [0.15, 0.2) is 33.6 Å². The third-order valence-electron chi connectivity index (χ3n) is 2.61. The topological polar surface area (TPSA) is 74.8 Å². The number of nitrogens with zero attached hydrogens (tertiary/aromatic N) is 1. The molecule has 0 aliphatic rings. The Morgan fingerprint density at radius 3 is 2.50 bits per heavy atom. The van der Waals surface area contributed by atoms with Crippen molar-refractivity contribution in [2.75, 3.05) is 4.72 Å². The molecule has 18 heavy (non-hydrogen) atoms. The van der Waals surface area contributed by atoms with Crippen LogP contribution in [0.4, 0.5) is 5.82 Å². The summed E-state index contributed by atoms with van der Waals surface area (Å²) in [5, 5.41) is 6.66. The first-order chi connectivity index (χ1) is 8.42. The van der Waals surface area contributed by atoms with Crippen LogP contribution in [0, 0.1) is 13.8 Å². The molecule has 2 N–H and O–H groups in total. The summed E-state index contributed by atoms with van der Waals surface area (Å²) in [6.45, 7) is 3.63. The zero-order valence-corrected chi connectivity index (χ0v) is 12.3. The number of rotatable bonds is 3. The molecular weight excluding hydrogens is 318 g/mol. The Balaban J connectivity index is 2.40. The van der Waals surface area contributed by atoms with E-state index in [4.69, 9.17) is 0 Å². The maximum absolute atomic E-state index is 12.2. The second-order valence-corrected chi connectivity index (χ2v) is 6.36. The number of hydrogen-bond donors (Lipinski definition) is 2. The molecule has 0 amide bonds. The molecule has 0 saturated carbocycles. The van der Waals surface area contributed by atoms with Crippen LogP contribution >= 0.6 is 15.9 Å². The van der Waals surface area contributed by atoms with Crippen molar-refractivity contribution in [1.29, 1.82) is 0 Å². The summed E-state index contributed by atoms with van der Waals surface area (Å²) in [5.74, 6) is 0.322. The van der Waals surface area contributed by atoms with Crippen molar-refractivity contribution in [3.8, 4) is 0 Å². The lowest BCUT2D eigenvalue weighted by atomic mass is 10.3. The molecule has 0 atom stereocenters. The van der Waals surface area contributed by atoms with E-state index in [9.17, 15) is 8.42 Å². The number of benzene rings is 1. The van der Waals surface area contributed by atoms with E-state index < -0.39 is 10.0 Å². The molecule has 5 nitrogen and oxygen atoms in total. The Kier molecular flexibility index (Phi) is 3.45. The lowest BCUT2D eigenvalue weighted by molar-refractivity contribution is 0.600. The SMILES string of the molecule is Cc1[nH]nc(NS(=O)(=O)c2ccccc2Br)c1C. The number of halogens is 1. The number of sulfonamides is 1. The van der Waals surface area contributed by atoms with Crippen LogP contribution in [0.25, 0.3) is 0 Å². The molecule has 1 aromatic carbocycles. The predicted octanol–water partition coefficient (Wildman–Crippen LogP) is 2.59. The second-order valence-electron chi connectivity index (χ2n) is 3.86. The molecule has 7 heteroatoms. The molecule has 0 saturated heterocycles. The molecule has 2 aromatic rings. The van der Waals surface area contributed by atoms with E-state index in [0.717, 1.165) is 11.3 Å². The normalized spacial score (nSPS) is 11.5. The highest BCUT2D eigenvalue weighted by atomic mass is 79.9. The molecule has 0 unspecified atom stereocenters. The van der Waals surface area contributed by atoms with Gasteiger partial charge in [0.05, 0.1) is 0 Å². The van der Waals surface area contributed by atoms with Gasteiger partial charge in [0.1, 0.15) is 4.90 Å². The third kappa shape index (κ3) is 2.41. The van der Waals surface area contributed by atoms with Gasteiger partial charge in [-0.15, -0.1) is 0 Å². The average Bonchev–Trinajstić information content (AvgIpc) is 2.61. The molecule has 2 rings (SSSR count). The molecule has 0 aliphatic heterocycles. The van der Waals surface area contributed by atoms with Gasteiger partial charge in [0.2, 0.25) is 0 Å². The highest BCUT2D eigenvalue weighted by Crippen LogP contribution is 2.24. The van der Waals surface area contributed by atoms with Crippen LogP contribution in [-0.4, -0.2) is 18.6 Å². The van der Waals surface area contributed by atoms with Crippen LogP contribution in [0.5, 0.6) is 0 Å². The molecule has 0 fully saturated rings. The fraction of sp³-hybridized carbons (Fsp3) is 0.182. The molecular formula is C11H12BrN3O2S. The van der Waals surface area contributed by atoms with Crippen LogP contribution in [0.2, 0.25) is 0 Å². The summed E-state index contributed by atoms with van der Waals surface area (Å²) in [4.78, 5) is 0.185. The number of aryl methyl sites for hydroxylation is 1. The first-order valence-corrected chi connectivity index (χ1v) is 7.48. The van der Waals surface area contributed by atoms with E-state index >= 15 is 0 Å². The van der Waals surface area contributed by atoms with Crippen molar-refractivity contribution in [3.05, 3.63) is 40.0 Å². The smallest absolute Gasteiger partial charge is 0.264 e. The largest absolute Gasteiger partial charge is 0.280 e. The van der Waals surface area contributed by atoms with Gasteiger partial charge >= 0.3 is 0 Å². The number of aromatic amines is 1. The fourth-order valence-corrected chi connectivity index (χ4v) is 3.50. The summed E-state index contributed by atoms with van der Waals surface area (Å²) < 4.78 is 27.4. The Bertz CT molecular complexity index is 679. The van der Waals surface area contributed by atoms with Crippen molar-refractivity contribution < 1.29 is 8.42 Å². The van der Waals surface area contributed by atoms with Crippen molar-refractivity contribution >= 4 is 31.8 Å². The first kappa shape index (κ1) is 13.1. The number of nitrogens with one attached hydrogen (secondary N) is 2. The molecule has 0 spiro atoms. The lowest BCUT2D eigenvalue weighted by Gasteiger charge is -2.07. The zero-order chi connectivity index (χ0) is 13.3. The zero-order valence-electron chi connectivity index (χ0n) is 9.86. The molecule has 0 bridgehead atoms. The first-order valence-electron chi connectivity index (χ1n) is 5.21. The van der Waals surface area contributed by atoms with Gasteiger partial charge in [-0.05, 0) is 41.9 Å². The number of aromatic nitrogens is 2. The van der Waals surface area contributed by atoms with Gasteiger partial charge in [-0.1, -0.05) is 12.1 Å². The summed E-state index contributed by atoms with van der Waals surface area (Å²) in [6.07, 6.45) is 0. The van der Waals surface area contributed by atoms with E-state index in [1.54, 1.807) is 25.1 Å². The molecule has 1 aromatic heterocycles. The summed E-state index contributed by atoms with van der Waals surface area (Å²) in [5.41, 5.74) is 1.62. The van der Waals surface area contributed by atoms with Gasteiger partial charge in [-0.2, -0.15) is 5.10 Å². The van der Waals surface area contributed by atoms with Crippen LogP contribution < -0.4 is 4.72 Å². The molecule has 0 radical (unpaired) electrons. The van der Waals surface area contributed by atoms with E-state index in [0.29, 0.717) is 10.3 Å². The third-order valence-corrected chi connectivity index (χ3v) is 4.96. The Morgan fingerprint density at radius 1 is 1.28 bits per heavy atom. The van der Waals surface area contributed by atoms with Gasteiger partial charge < -0.3 is 0 Å². The minimum Gasteiger partial charge on any atom is -0.280 e. The number of hydrogen-bond acceptors (Lipinski definition) is 3. The van der Waals surface area contributed by atoms with Gasteiger partial charge in [0.15, 0.2) is 5.82 Å². The Morgan fingerprint density at radius 2 is 1.94 bits per heavy atom. The maximum Gasteiger partial charge on any atom is 0.264 e. The maximum atomic E-state index is 12.2. The van der Waals surface area contributed by atoms with Crippen molar-refractivity contribution in [2.24, 2.45) is 0 Å². The van der Waals surface area contributed by atoms with Gasteiger partial charge in [0, 0.05) is 15.7 Å². The van der Waals surface area contributed by atoms with E-state index in [1.807, 2.05) is 6.92 Å². The van der Waals surface area contributed by atoms with Crippen LogP contribution in [-0.2, 0) is 10.0 Å². The van der Waals surface area contributed by atoms with Gasteiger partial charge in [-0.3, -0.25) is 9.82 Å². The van der Waals surface area contributed by atoms with Crippen LogP contribution in [0.3, 0.4) is 0 Å². The standard InChI is InChI=1S/C11H12BrN3O2S/c1-7-8(2)13-14-11(7)15-18(16,17)10-6-4-3-5-9(10)12/h3-6H,1-2H3,(H2,13,14,15). The van der Waals surface area contributed by atoms with E-state index in [-0.39, 0.29) is 4.90 Å². The number of H-pyrrole nitrogens is 1. The fourth-order valence-electron chi connectivity index (χ4n) is 1.43. The average molecular weight is 330 g/mol. The van der Waals surface area contributed by atoms with Gasteiger partial charge in [0.25, 0.3) is 10.0 Å². The highest BCUT2D eigenvalue weighted by molar-refractivity contribution is 9.10. The van der Waals surface area contributed by atoms with Crippen molar-refractivity contribution in [2.45, 2.75) is 18.7 Å². The minimum atomic E-state index is -3.63. The second kappa shape index (κ2) is 4.74. The lowest BCUT2D eigenvalue weighted by Crippen LogP contribution is -2.14. The predicted molar refractivity (Wildman–Crippen MR) is 73.0 cm³/mol. The van der Waals surface area contributed by atoms with Gasteiger partial charge in [-0.25, -0.2) is 8.42 Å². The summed E-state index contributed by atoms with van der Waals surface area (Å²) in [6, 6.07) is 6.63. The molecule has 1 heterocycles. The quantitative estimate of drug-likeness (QED) is 0.908. The summed E-state index contributed by atoms with van der Waals surface area (Å²) >= 11 is 3.22. The van der Waals surface area contributed by atoms with Crippen molar-refractivity contribution in [3.63, 3.8) is 0 Å². The summed E-state index contributed by atoms with van der Waals surface area (Å²) in [7, 11) is -3.63. The Hall–Kier alpha value is -1.34. The van der Waals surface area contributed by atoms with E-state index in [1.165, 1.54) is 6.07 Å². The Labute approximate surface area is 114 Å². The minimum absolute atomic E-state index is 0.185. The monoisotopic (exact) mass is 329 g/mol. The number of anilines is 1. The molecule has 0 aliphatic carbocycles. The van der Waals surface area contributed by atoms with Crippen LogP contribution in [0.1, 0.15) is 11.3 Å².